The second-order valence-electron chi connectivity index (χ2n) is 5.36. The molecule has 0 spiro atoms. The zero-order valence-electron chi connectivity index (χ0n) is 11.9. The summed E-state index contributed by atoms with van der Waals surface area (Å²) in [6, 6.07) is 5.95. The maximum Gasteiger partial charge on any atom is 0.205 e. The van der Waals surface area contributed by atoms with Crippen molar-refractivity contribution in [3.8, 4) is 11.4 Å². The molecule has 20 heavy (non-hydrogen) atoms. The minimum Gasteiger partial charge on any atom is -0.460 e. The SMILES string of the molecule is Cc1c(CO)ncn1-c1cccc2c1OC(C)(C)OC2. The lowest BCUT2D eigenvalue weighted by atomic mass is 10.1. The third-order valence-corrected chi connectivity index (χ3v) is 3.52. The van der Waals surface area contributed by atoms with Crippen LogP contribution in [0.2, 0.25) is 0 Å². The Bertz CT molecular complexity index is 647. The molecule has 1 aliphatic rings. The van der Waals surface area contributed by atoms with E-state index in [1.807, 2.05) is 43.5 Å². The molecule has 5 nitrogen and oxygen atoms in total. The summed E-state index contributed by atoms with van der Waals surface area (Å²) in [4.78, 5) is 4.22. The van der Waals surface area contributed by atoms with E-state index in [1.54, 1.807) is 6.33 Å². The van der Waals surface area contributed by atoms with E-state index in [-0.39, 0.29) is 6.61 Å². The molecule has 0 radical (unpaired) electrons. The molecular weight excluding hydrogens is 256 g/mol. The number of aromatic nitrogens is 2. The van der Waals surface area contributed by atoms with Gasteiger partial charge in [-0.1, -0.05) is 12.1 Å². The summed E-state index contributed by atoms with van der Waals surface area (Å²) in [6.07, 6.45) is 1.71. The number of rotatable bonds is 2. The monoisotopic (exact) mass is 274 g/mol. The van der Waals surface area contributed by atoms with Crippen LogP contribution < -0.4 is 4.74 Å². The lowest BCUT2D eigenvalue weighted by Crippen LogP contribution is -2.35. The van der Waals surface area contributed by atoms with Gasteiger partial charge in [0.2, 0.25) is 5.79 Å². The van der Waals surface area contributed by atoms with Gasteiger partial charge in [-0.2, -0.15) is 0 Å². The van der Waals surface area contributed by atoms with Gasteiger partial charge in [0.05, 0.1) is 30.9 Å². The minimum atomic E-state index is -0.641. The van der Waals surface area contributed by atoms with E-state index in [1.165, 1.54) is 0 Å². The van der Waals surface area contributed by atoms with Crippen molar-refractivity contribution in [1.82, 2.24) is 9.55 Å². The van der Waals surface area contributed by atoms with E-state index in [2.05, 4.69) is 4.98 Å². The first-order valence-corrected chi connectivity index (χ1v) is 6.61. The molecule has 0 saturated carbocycles. The number of nitrogens with zero attached hydrogens (tertiary/aromatic N) is 2. The van der Waals surface area contributed by atoms with Crippen molar-refractivity contribution in [3.63, 3.8) is 0 Å². The highest BCUT2D eigenvalue weighted by Crippen LogP contribution is 2.36. The number of hydrogen-bond donors (Lipinski definition) is 1. The first-order chi connectivity index (χ1) is 9.52. The number of ether oxygens (including phenoxy) is 2. The van der Waals surface area contributed by atoms with Crippen molar-refractivity contribution in [3.05, 3.63) is 41.5 Å². The highest BCUT2D eigenvalue weighted by atomic mass is 16.7. The lowest BCUT2D eigenvalue weighted by molar-refractivity contribution is -0.180. The summed E-state index contributed by atoms with van der Waals surface area (Å²) >= 11 is 0. The van der Waals surface area contributed by atoms with Crippen molar-refractivity contribution in [2.75, 3.05) is 0 Å². The molecular formula is C15H18N2O3. The predicted molar refractivity (Wildman–Crippen MR) is 73.7 cm³/mol. The summed E-state index contributed by atoms with van der Waals surface area (Å²) in [5.74, 6) is 0.172. The first kappa shape index (κ1) is 13.1. The fourth-order valence-corrected chi connectivity index (χ4v) is 2.36. The molecule has 1 aromatic carbocycles. The number of para-hydroxylation sites is 1. The average Bonchev–Trinajstić information content (AvgIpc) is 2.78. The number of benzene rings is 1. The van der Waals surface area contributed by atoms with E-state index < -0.39 is 5.79 Å². The molecule has 0 saturated heterocycles. The Labute approximate surface area is 117 Å². The van der Waals surface area contributed by atoms with E-state index >= 15 is 0 Å². The molecule has 0 fully saturated rings. The standard InChI is InChI=1S/C15H18N2O3/c1-10-12(7-18)16-9-17(10)13-6-4-5-11-8-19-15(2,3)20-14(11)13/h4-6,9,18H,7-8H2,1-3H3. The van der Waals surface area contributed by atoms with Crippen LogP contribution in [0.3, 0.4) is 0 Å². The molecule has 0 unspecified atom stereocenters. The summed E-state index contributed by atoms with van der Waals surface area (Å²) in [6.45, 7) is 6.18. The van der Waals surface area contributed by atoms with Crippen LogP contribution in [-0.2, 0) is 18.0 Å². The summed E-state index contributed by atoms with van der Waals surface area (Å²) in [5, 5.41) is 9.27. The molecule has 1 aliphatic heterocycles. The minimum absolute atomic E-state index is 0.0662. The molecule has 0 bridgehead atoms. The second kappa shape index (κ2) is 4.61. The molecule has 1 N–H and O–H groups in total. The van der Waals surface area contributed by atoms with Gasteiger partial charge in [0.1, 0.15) is 0 Å². The fourth-order valence-electron chi connectivity index (χ4n) is 2.36. The van der Waals surface area contributed by atoms with Crippen molar-refractivity contribution >= 4 is 0 Å². The predicted octanol–water partition coefficient (Wildman–Crippen LogP) is 2.32. The number of fused-ring (bicyclic) bond motifs is 1. The van der Waals surface area contributed by atoms with Crippen LogP contribution in [0.1, 0.15) is 30.8 Å². The Morgan fingerprint density at radius 1 is 1.40 bits per heavy atom. The van der Waals surface area contributed by atoms with Gasteiger partial charge in [-0.05, 0) is 13.0 Å². The van der Waals surface area contributed by atoms with Gasteiger partial charge < -0.3 is 14.6 Å². The van der Waals surface area contributed by atoms with E-state index in [0.29, 0.717) is 12.3 Å². The van der Waals surface area contributed by atoms with Crippen LogP contribution in [-0.4, -0.2) is 20.4 Å². The van der Waals surface area contributed by atoms with Crippen molar-refractivity contribution < 1.29 is 14.6 Å². The van der Waals surface area contributed by atoms with Crippen molar-refractivity contribution in [1.29, 1.82) is 0 Å². The Kier molecular flexibility index (Phi) is 3.03. The normalized spacial score (nSPS) is 16.6. The Morgan fingerprint density at radius 2 is 2.20 bits per heavy atom. The Morgan fingerprint density at radius 3 is 2.90 bits per heavy atom. The van der Waals surface area contributed by atoms with Gasteiger partial charge in [-0.15, -0.1) is 0 Å². The summed E-state index contributed by atoms with van der Waals surface area (Å²) < 4.78 is 13.6. The molecule has 106 valence electrons. The number of aliphatic hydroxyl groups is 1. The van der Waals surface area contributed by atoms with Crippen LogP contribution in [0, 0.1) is 6.92 Å². The number of imidazole rings is 1. The van der Waals surface area contributed by atoms with Gasteiger partial charge >= 0.3 is 0 Å². The number of hydrogen-bond acceptors (Lipinski definition) is 4. The van der Waals surface area contributed by atoms with Gasteiger partial charge in [0.25, 0.3) is 0 Å². The first-order valence-electron chi connectivity index (χ1n) is 6.61. The lowest BCUT2D eigenvalue weighted by Gasteiger charge is -2.33. The van der Waals surface area contributed by atoms with Gasteiger partial charge in [0, 0.05) is 25.1 Å². The maximum atomic E-state index is 9.27. The number of aliphatic hydroxyl groups excluding tert-OH is 1. The highest BCUT2D eigenvalue weighted by molar-refractivity contribution is 5.53. The molecule has 0 amide bonds. The van der Waals surface area contributed by atoms with Gasteiger partial charge in [0.15, 0.2) is 5.75 Å². The molecule has 0 aliphatic carbocycles. The average molecular weight is 274 g/mol. The fraction of sp³-hybridized carbons (Fsp3) is 0.400. The zero-order valence-corrected chi connectivity index (χ0v) is 11.9. The van der Waals surface area contributed by atoms with E-state index in [9.17, 15) is 5.11 Å². The summed E-state index contributed by atoms with van der Waals surface area (Å²) in [5.41, 5.74) is 3.52. The molecule has 5 heteroatoms. The van der Waals surface area contributed by atoms with Gasteiger partial charge in [-0.3, -0.25) is 4.57 Å². The third kappa shape index (κ3) is 2.09. The van der Waals surface area contributed by atoms with E-state index in [0.717, 1.165) is 22.7 Å². The van der Waals surface area contributed by atoms with Crippen molar-refractivity contribution in [2.24, 2.45) is 0 Å². The van der Waals surface area contributed by atoms with E-state index in [4.69, 9.17) is 9.47 Å². The van der Waals surface area contributed by atoms with Gasteiger partial charge in [-0.25, -0.2) is 4.98 Å². The van der Waals surface area contributed by atoms with Crippen molar-refractivity contribution in [2.45, 2.75) is 39.8 Å². The Hall–Kier alpha value is -1.85. The molecule has 2 heterocycles. The largest absolute Gasteiger partial charge is 0.460 e. The molecule has 3 rings (SSSR count). The van der Waals surface area contributed by atoms with Crippen LogP contribution in [0.25, 0.3) is 5.69 Å². The van der Waals surface area contributed by atoms with Crippen LogP contribution in [0.5, 0.6) is 5.75 Å². The highest BCUT2D eigenvalue weighted by Gasteiger charge is 2.29. The van der Waals surface area contributed by atoms with Crippen LogP contribution >= 0.6 is 0 Å². The van der Waals surface area contributed by atoms with Crippen LogP contribution in [0.15, 0.2) is 24.5 Å². The quantitative estimate of drug-likeness (QED) is 0.913. The molecule has 1 aromatic heterocycles. The molecule has 0 atom stereocenters. The second-order valence-corrected chi connectivity index (χ2v) is 5.36. The Balaban J connectivity index is 2.13. The maximum absolute atomic E-state index is 9.27. The van der Waals surface area contributed by atoms with Crippen LogP contribution in [0.4, 0.5) is 0 Å². The zero-order chi connectivity index (χ0) is 14.3. The summed E-state index contributed by atoms with van der Waals surface area (Å²) in [7, 11) is 0. The third-order valence-electron chi connectivity index (χ3n) is 3.52. The molecule has 2 aromatic rings. The smallest absolute Gasteiger partial charge is 0.205 e. The topological polar surface area (TPSA) is 56.5 Å².